The molecule has 4 heteroatoms. The first-order valence-corrected chi connectivity index (χ1v) is 3.49. The van der Waals surface area contributed by atoms with Crippen molar-refractivity contribution in [3.05, 3.63) is 0 Å². The summed E-state index contributed by atoms with van der Waals surface area (Å²) in [5, 5.41) is 7.95. The zero-order valence-corrected chi connectivity index (χ0v) is 5.15. The average molecular weight is 133 g/mol. The second kappa shape index (κ2) is 4.75. The van der Waals surface area contributed by atoms with Crippen LogP contribution in [0.2, 0.25) is 0 Å². The molecule has 0 aromatic heterocycles. The third kappa shape index (κ3) is 5.60. The Morgan fingerprint density at radius 3 is 2.75 bits per heavy atom. The molecule has 0 bridgehead atoms. The Bertz CT molecular complexity index is 118. The van der Waals surface area contributed by atoms with E-state index in [-0.39, 0.29) is 5.75 Å². The van der Waals surface area contributed by atoms with Crippen LogP contribution in [0.4, 0.5) is 0 Å². The van der Waals surface area contributed by atoms with Crippen LogP contribution in [0.1, 0.15) is 12.8 Å². The Kier molecular flexibility index (Phi) is 4.51. The molecule has 0 amide bonds. The third-order valence-corrected chi connectivity index (χ3v) is 1.25. The van der Waals surface area contributed by atoms with Gasteiger partial charge in [-0.05, 0) is 6.42 Å². The summed E-state index contributed by atoms with van der Waals surface area (Å²) in [6.07, 6.45) is 0.881. The molecule has 0 heterocycles. The first-order chi connectivity index (χ1) is 3.77. The molecule has 0 aromatic carbocycles. The predicted octanol–water partition coefficient (Wildman–Crippen LogP) is 0.512. The standard InChI is InChI=1S/C4H7NO2S/c5-3-1-2-4-8(6)7/h1-2,4H2,(H,6,7). The van der Waals surface area contributed by atoms with Crippen molar-refractivity contribution in [2.75, 3.05) is 5.75 Å². The van der Waals surface area contributed by atoms with E-state index in [0.717, 1.165) is 0 Å². The van der Waals surface area contributed by atoms with Crippen LogP contribution >= 0.6 is 0 Å². The van der Waals surface area contributed by atoms with E-state index in [0.29, 0.717) is 12.8 Å². The lowest BCUT2D eigenvalue weighted by atomic mass is 10.4. The van der Waals surface area contributed by atoms with Crippen molar-refractivity contribution < 1.29 is 8.76 Å². The fourth-order valence-corrected chi connectivity index (χ4v) is 0.666. The highest BCUT2D eigenvalue weighted by atomic mass is 32.2. The summed E-state index contributed by atoms with van der Waals surface area (Å²) < 4.78 is 18.0. The van der Waals surface area contributed by atoms with E-state index in [9.17, 15) is 4.21 Å². The SMILES string of the molecule is N#CCCCS(=O)O. The van der Waals surface area contributed by atoms with Crippen molar-refractivity contribution in [3.63, 3.8) is 0 Å². The summed E-state index contributed by atoms with van der Waals surface area (Å²) in [7, 11) is 0. The molecule has 1 unspecified atom stereocenters. The molecular weight excluding hydrogens is 126 g/mol. The fraction of sp³-hybridized carbons (Fsp3) is 0.750. The van der Waals surface area contributed by atoms with E-state index >= 15 is 0 Å². The Balaban J connectivity index is 2.97. The van der Waals surface area contributed by atoms with E-state index in [2.05, 4.69) is 0 Å². The summed E-state index contributed by atoms with van der Waals surface area (Å²) in [4.78, 5) is 0. The Morgan fingerprint density at radius 1 is 1.75 bits per heavy atom. The summed E-state index contributed by atoms with van der Waals surface area (Å²) in [5.41, 5.74) is 0. The smallest absolute Gasteiger partial charge is 0.152 e. The summed E-state index contributed by atoms with van der Waals surface area (Å²) in [6.45, 7) is 0. The van der Waals surface area contributed by atoms with Gasteiger partial charge in [0.15, 0.2) is 11.1 Å². The Hall–Kier alpha value is -0.400. The quantitative estimate of drug-likeness (QED) is 0.450. The molecule has 0 spiro atoms. The van der Waals surface area contributed by atoms with Crippen molar-refractivity contribution in [3.8, 4) is 6.07 Å². The third-order valence-electron chi connectivity index (χ3n) is 0.608. The largest absolute Gasteiger partial charge is 0.306 e. The van der Waals surface area contributed by atoms with Crippen LogP contribution in [0.25, 0.3) is 0 Å². The van der Waals surface area contributed by atoms with Gasteiger partial charge in [0, 0.05) is 6.42 Å². The normalized spacial score (nSPS) is 12.5. The second-order valence-corrected chi connectivity index (χ2v) is 2.34. The molecule has 8 heavy (non-hydrogen) atoms. The topological polar surface area (TPSA) is 61.1 Å². The molecule has 0 radical (unpaired) electrons. The Labute approximate surface area is 50.6 Å². The molecule has 0 rings (SSSR count). The van der Waals surface area contributed by atoms with Crippen molar-refractivity contribution in [1.82, 2.24) is 0 Å². The van der Waals surface area contributed by atoms with Gasteiger partial charge in [0.2, 0.25) is 0 Å². The number of hydrogen-bond acceptors (Lipinski definition) is 2. The zero-order chi connectivity index (χ0) is 6.41. The number of nitrogens with zero attached hydrogens (tertiary/aromatic N) is 1. The molecular formula is C4H7NO2S. The molecule has 46 valence electrons. The van der Waals surface area contributed by atoms with Crippen molar-refractivity contribution in [1.29, 1.82) is 5.26 Å². The van der Waals surface area contributed by atoms with Crippen LogP contribution in [0.5, 0.6) is 0 Å². The van der Waals surface area contributed by atoms with Crippen molar-refractivity contribution >= 4 is 11.1 Å². The predicted molar refractivity (Wildman–Crippen MR) is 30.5 cm³/mol. The van der Waals surface area contributed by atoms with E-state index in [1.807, 2.05) is 6.07 Å². The minimum Gasteiger partial charge on any atom is -0.306 e. The van der Waals surface area contributed by atoms with Crippen LogP contribution in [0, 0.1) is 11.3 Å². The molecule has 1 atom stereocenters. The highest BCUT2D eigenvalue weighted by molar-refractivity contribution is 7.79. The van der Waals surface area contributed by atoms with E-state index in [4.69, 9.17) is 9.81 Å². The minimum atomic E-state index is -1.72. The van der Waals surface area contributed by atoms with Gasteiger partial charge >= 0.3 is 0 Å². The first-order valence-electron chi connectivity index (χ1n) is 2.22. The average Bonchev–Trinajstić information content (AvgIpc) is 1.66. The van der Waals surface area contributed by atoms with Gasteiger partial charge in [0.05, 0.1) is 11.8 Å². The second-order valence-electron chi connectivity index (χ2n) is 1.29. The van der Waals surface area contributed by atoms with Gasteiger partial charge in [0.1, 0.15) is 0 Å². The summed E-state index contributed by atoms with van der Waals surface area (Å²) in [5.74, 6) is 0.216. The molecule has 0 saturated heterocycles. The van der Waals surface area contributed by atoms with Gasteiger partial charge < -0.3 is 4.55 Å². The molecule has 3 nitrogen and oxygen atoms in total. The summed E-state index contributed by atoms with van der Waals surface area (Å²) >= 11 is -1.72. The fourth-order valence-electron chi connectivity index (χ4n) is 0.275. The van der Waals surface area contributed by atoms with E-state index in [1.54, 1.807) is 0 Å². The molecule has 0 saturated carbocycles. The van der Waals surface area contributed by atoms with E-state index < -0.39 is 11.1 Å². The maximum absolute atomic E-state index is 9.88. The maximum atomic E-state index is 9.88. The van der Waals surface area contributed by atoms with E-state index in [1.165, 1.54) is 0 Å². The summed E-state index contributed by atoms with van der Waals surface area (Å²) in [6, 6.07) is 1.88. The number of hydrogen-bond donors (Lipinski definition) is 1. The number of nitriles is 1. The Morgan fingerprint density at radius 2 is 2.38 bits per heavy atom. The van der Waals surface area contributed by atoms with Crippen LogP contribution in [0.15, 0.2) is 0 Å². The molecule has 0 fully saturated rings. The number of unbranched alkanes of at least 4 members (excludes halogenated alkanes) is 1. The monoisotopic (exact) mass is 133 g/mol. The van der Waals surface area contributed by atoms with Gasteiger partial charge in [-0.25, -0.2) is 4.21 Å². The van der Waals surface area contributed by atoms with Gasteiger partial charge in [-0.3, -0.25) is 0 Å². The van der Waals surface area contributed by atoms with Crippen LogP contribution < -0.4 is 0 Å². The van der Waals surface area contributed by atoms with Gasteiger partial charge in [0.25, 0.3) is 0 Å². The molecule has 0 aliphatic rings. The molecule has 0 aliphatic carbocycles. The highest BCUT2D eigenvalue weighted by Gasteiger charge is 1.90. The molecule has 0 aliphatic heterocycles. The van der Waals surface area contributed by atoms with Crippen LogP contribution in [-0.4, -0.2) is 14.5 Å². The van der Waals surface area contributed by atoms with Gasteiger partial charge in [-0.1, -0.05) is 0 Å². The zero-order valence-electron chi connectivity index (χ0n) is 4.33. The lowest BCUT2D eigenvalue weighted by Gasteiger charge is -1.85. The lowest BCUT2D eigenvalue weighted by molar-refractivity contribution is 0.562. The molecule has 1 N–H and O–H groups in total. The van der Waals surface area contributed by atoms with Crippen molar-refractivity contribution in [2.24, 2.45) is 0 Å². The van der Waals surface area contributed by atoms with Gasteiger partial charge in [-0.15, -0.1) is 0 Å². The van der Waals surface area contributed by atoms with Crippen LogP contribution in [-0.2, 0) is 11.1 Å². The van der Waals surface area contributed by atoms with Crippen LogP contribution in [0.3, 0.4) is 0 Å². The number of rotatable bonds is 3. The minimum absolute atomic E-state index is 0.216. The first kappa shape index (κ1) is 7.60. The highest BCUT2D eigenvalue weighted by Crippen LogP contribution is 1.86. The van der Waals surface area contributed by atoms with Crippen molar-refractivity contribution in [2.45, 2.75) is 12.8 Å². The maximum Gasteiger partial charge on any atom is 0.152 e. The van der Waals surface area contributed by atoms with Gasteiger partial charge in [-0.2, -0.15) is 5.26 Å². The molecule has 0 aromatic rings. The lowest BCUT2D eigenvalue weighted by Crippen LogP contribution is -1.92.